The standard InChI is InChI=1S/C51H47N/c1-34-29-36-31-35(2)51(42(30-34)32-36)48-17-9-8-15-47(48)50-46(16-10-18-49(50)51)39-23-27-45(28-24-39)52(43-13-4-3-5-14-43)44-25-21-38(22-26-44)41-20-19-37-11-6-7-12-40(37)33-41/h3-28,33-36,42,49-50H,29-32H2,1-2H3. The second-order valence-corrected chi connectivity index (χ2v) is 16.4. The van der Waals surface area contributed by atoms with Gasteiger partial charge in [0.05, 0.1) is 0 Å². The maximum Gasteiger partial charge on any atom is 0.0462 e. The van der Waals surface area contributed by atoms with Crippen LogP contribution in [0.15, 0.2) is 164 Å². The number of para-hydroxylation sites is 1. The lowest BCUT2D eigenvalue weighted by molar-refractivity contribution is -0.00299. The van der Waals surface area contributed by atoms with Crippen molar-refractivity contribution in [3.63, 3.8) is 0 Å². The van der Waals surface area contributed by atoms with Gasteiger partial charge in [0, 0.05) is 28.4 Å². The molecule has 0 aliphatic heterocycles. The van der Waals surface area contributed by atoms with Gasteiger partial charge in [-0.25, -0.2) is 0 Å². The molecule has 0 N–H and O–H groups in total. The maximum absolute atomic E-state index is 2.61. The van der Waals surface area contributed by atoms with Gasteiger partial charge in [-0.2, -0.15) is 0 Å². The second kappa shape index (κ2) is 12.5. The molecule has 4 aliphatic carbocycles. The van der Waals surface area contributed by atoms with Gasteiger partial charge < -0.3 is 4.90 Å². The number of hydrogen-bond acceptors (Lipinski definition) is 1. The van der Waals surface area contributed by atoms with Crippen molar-refractivity contribution in [1.82, 2.24) is 0 Å². The lowest BCUT2D eigenvalue weighted by Crippen LogP contribution is -2.52. The van der Waals surface area contributed by atoms with E-state index in [-0.39, 0.29) is 5.41 Å². The average Bonchev–Trinajstić information content (AvgIpc) is 3.49. The Morgan fingerprint density at radius 2 is 1.21 bits per heavy atom. The molecule has 52 heavy (non-hydrogen) atoms. The summed E-state index contributed by atoms with van der Waals surface area (Å²) in [6, 6.07) is 54.2. The molecule has 2 saturated carbocycles. The summed E-state index contributed by atoms with van der Waals surface area (Å²) in [7, 11) is 0. The van der Waals surface area contributed by atoms with Crippen LogP contribution in [0.2, 0.25) is 0 Å². The zero-order valence-electron chi connectivity index (χ0n) is 30.3. The van der Waals surface area contributed by atoms with Gasteiger partial charge in [0.2, 0.25) is 0 Å². The molecule has 10 rings (SSSR count). The minimum Gasteiger partial charge on any atom is -0.311 e. The minimum absolute atomic E-state index is 0.228. The summed E-state index contributed by atoms with van der Waals surface area (Å²) >= 11 is 0. The predicted molar refractivity (Wildman–Crippen MR) is 219 cm³/mol. The summed E-state index contributed by atoms with van der Waals surface area (Å²) in [5.74, 6) is 4.10. The molecule has 0 aromatic heterocycles. The van der Waals surface area contributed by atoms with Gasteiger partial charge in [-0.1, -0.05) is 135 Å². The first kappa shape index (κ1) is 31.6. The van der Waals surface area contributed by atoms with Gasteiger partial charge in [0.15, 0.2) is 0 Å². The fraction of sp³-hybridized carbons (Fsp3) is 0.255. The Bertz CT molecular complexity index is 2310. The topological polar surface area (TPSA) is 3.24 Å². The summed E-state index contributed by atoms with van der Waals surface area (Å²) in [6.07, 6.45) is 13.0. The summed E-state index contributed by atoms with van der Waals surface area (Å²) in [4.78, 5) is 2.39. The van der Waals surface area contributed by atoms with Crippen LogP contribution in [0.3, 0.4) is 0 Å². The molecule has 1 nitrogen and oxygen atoms in total. The Balaban J connectivity index is 0.997. The third-order valence-electron chi connectivity index (χ3n) is 13.5. The van der Waals surface area contributed by atoms with E-state index >= 15 is 0 Å². The van der Waals surface area contributed by atoms with Gasteiger partial charge in [-0.3, -0.25) is 0 Å². The summed E-state index contributed by atoms with van der Waals surface area (Å²) < 4.78 is 0. The van der Waals surface area contributed by atoms with Gasteiger partial charge in [-0.15, -0.1) is 0 Å². The van der Waals surface area contributed by atoms with E-state index in [0.29, 0.717) is 17.8 Å². The lowest BCUT2D eigenvalue weighted by atomic mass is 9.47. The molecular weight excluding hydrogens is 627 g/mol. The highest BCUT2D eigenvalue weighted by Crippen LogP contribution is 2.68. The van der Waals surface area contributed by atoms with Gasteiger partial charge in [-0.05, 0) is 142 Å². The van der Waals surface area contributed by atoms with E-state index < -0.39 is 0 Å². The summed E-state index contributed by atoms with van der Waals surface area (Å²) in [5.41, 5.74) is 12.2. The molecule has 6 aromatic carbocycles. The molecule has 7 atom stereocenters. The van der Waals surface area contributed by atoms with Crippen molar-refractivity contribution in [2.45, 2.75) is 50.9 Å². The highest BCUT2D eigenvalue weighted by atomic mass is 15.1. The van der Waals surface area contributed by atoms with Crippen LogP contribution < -0.4 is 4.90 Å². The zero-order valence-corrected chi connectivity index (χ0v) is 30.3. The van der Waals surface area contributed by atoms with Crippen molar-refractivity contribution in [3.05, 3.63) is 181 Å². The van der Waals surface area contributed by atoms with E-state index in [2.05, 4.69) is 183 Å². The molecule has 256 valence electrons. The minimum atomic E-state index is 0.228. The highest BCUT2D eigenvalue weighted by molar-refractivity contribution is 5.88. The summed E-state index contributed by atoms with van der Waals surface area (Å²) in [6.45, 7) is 5.12. The van der Waals surface area contributed by atoms with Crippen LogP contribution >= 0.6 is 0 Å². The van der Waals surface area contributed by atoms with Gasteiger partial charge in [0.1, 0.15) is 0 Å². The molecule has 0 heterocycles. The second-order valence-electron chi connectivity index (χ2n) is 16.4. The molecule has 0 radical (unpaired) electrons. The molecule has 1 spiro atoms. The van der Waals surface area contributed by atoms with E-state index in [4.69, 9.17) is 0 Å². The van der Waals surface area contributed by atoms with Crippen molar-refractivity contribution in [2.24, 2.45) is 29.6 Å². The Labute approximate surface area is 309 Å². The normalized spacial score (nSPS) is 27.2. The fourth-order valence-electron chi connectivity index (χ4n) is 11.6. The Hall–Kier alpha value is -5.14. The van der Waals surface area contributed by atoms with E-state index in [1.165, 1.54) is 64.4 Å². The zero-order chi connectivity index (χ0) is 34.8. The smallest absolute Gasteiger partial charge is 0.0462 e. The van der Waals surface area contributed by atoms with Crippen LogP contribution in [0.25, 0.3) is 27.5 Å². The maximum atomic E-state index is 2.61. The highest BCUT2D eigenvalue weighted by Gasteiger charge is 2.61. The number of hydrogen-bond donors (Lipinski definition) is 0. The van der Waals surface area contributed by atoms with E-state index in [0.717, 1.165) is 29.1 Å². The SMILES string of the molecule is CC1CC2CC(C)C3(c4ccccc4C4C(c5ccc(N(c6ccccc6)c6ccc(-c7ccc8ccccc8c7)cc6)cc5)=CC=CC43)C(C1)C2. The Morgan fingerprint density at radius 1 is 0.558 bits per heavy atom. The number of fused-ring (bicyclic) bond motifs is 9. The first-order valence-corrected chi connectivity index (χ1v) is 19.6. The van der Waals surface area contributed by atoms with Crippen molar-refractivity contribution in [2.75, 3.05) is 4.90 Å². The van der Waals surface area contributed by atoms with Crippen LogP contribution in [-0.4, -0.2) is 0 Å². The van der Waals surface area contributed by atoms with Crippen LogP contribution in [0, 0.1) is 29.6 Å². The fourth-order valence-corrected chi connectivity index (χ4v) is 11.6. The van der Waals surface area contributed by atoms with Crippen LogP contribution in [0.1, 0.15) is 62.1 Å². The molecule has 1 heteroatoms. The Kier molecular flexibility index (Phi) is 7.60. The molecule has 2 fully saturated rings. The number of rotatable bonds is 5. The molecule has 0 amide bonds. The van der Waals surface area contributed by atoms with Gasteiger partial charge in [0.25, 0.3) is 0 Å². The molecule has 2 bridgehead atoms. The molecular formula is C51H47N. The van der Waals surface area contributed by atoms with Gasteiger partial charge >= 0.3 is 0 Å². The first-order valence-electron chi connectivity index (χ1n) is 19.6. The molecule has 6 aromatic rings. The number of nitrogens with zero attached hydrogens (tertiary/aromatic N) is 1. The Morgan fingerprint density at radius 3 is 2.00 bits per heavy atom. The summed E-state index contributed by atoms with van der Waals surface area (Å²) in [5, 5.41) is 2.54. The van der Waals surface area contributed by atoms with E-state index in [1.54, 1.807) is 11.1 Å². The van der Waals surface area contributed by atoms with Crippen molar-refractivity contribution < 1.29 is 0 Å². The van der Waals surface area contributed by atoms with Crippen molar-refractivity contribution in [1.29, 1.82) is 0 Å². The third-order valence-corrected chi connectivity index (χ3v) is 13.5. The van der Waals surface area contributed by atoms with E-state index in [1.807, 2.05) is 0 Å². The molecule has 4 aliphatic rings. The van der Waals surface area contributed by atoms with Crippen LogP contribution in [-0.2, 0) is 5.41 Å². The molecule has 0 saturated heterocycles. The number of benzene rings is 6. The lowest BCUT2D eigenvalue weighted by Gasteiger charge is -2.57. The monoisotopic (exact) mass is 673 g/mol. The average molecular weight is 674 g/mol. The van der Waals surface area contributed by atoms with Crippen molar-refractivity contribution in [3.8, 4) is 11.1 Å². The largest absolute Gasteiger partial charge is 0.311 e. The quantitative estimate of drug-likeness (QED) is 0.176. The van der Waals surface area contributed by atoms with Crippen molar-refractivity contribution >= 4 is 33.4 Å². The van der Waals surface area contributed by atoms with E-state index in [9.17, 15) is 0 Å². The third kappa shape index (κ3) is 4.96. The number of anilines is 3. The van der Waals surface area contributed by atoms with Crippen LogP contribution in [0.5, 0.6) is 0 Å². The van der Waals surface area contributed by atoms with Crippen LogP contribution in [0.4, 0.5) is 17.1 Å². The molecule has 7 unspecified atom stereocenters. The predicted octanol–water partition coefficient (Wildman–Crippen LogP) is 13.7. The first-order chi connectivity index (χ1) is 25.6. The number of allylic oxidation sites excluding steroid dienone is 4.